The van der Waals surface area contributed by atoms with Crippen molar-refractivity contribution in [3.8, 4) is 5.69 Å². The van der Waals surface area contributed by atoms with Gasteiger partial charge in [0, 0.05) is 24.7 Å². The van der Waals surface area contributed by atoms with Gasteiger partial charge in [0.25, 0.3) is 11.8 Å². The van der Waals surface area contributed by atoms with Crippen molar-refractivity contribution in [1.82, 2.24) is 20.0 Å². The largest absolute Gasteiger partial charge is 0.349 e. The van der Waals surface area contributed by atoms with Crippen LogP contribution in [-0.4, -0.2) is 45.6 Å². The maximum absolute atomic E-state index is 13.2. The Labute approximate surface area is 180 Å². The highest BCUT2D eigenvalue weighted by molar-refractivity contribution is 5.96. The number of nitrogens with one attached hydrogen (secondary N) is 1. The Kier molecular flexibility index (Phi) is 6.11. The number of hydrogen-bond donors (Lipinski definition) is 1. The number of hydrogen-bond acceptors (Lipinski definition) is 3. The number of nitrogens with zero attached hydrogens (tertiary/aromatic N) is 3. The van der Waals surface area contributed by atoms with E-state index < -0.39 is 0 Å². The molecule has 4 rings (SSSR count). The number of likely N-dealkylation sites (tertiary alicyclic amines) is 1. The van der Waals surface area contributed by atoms with Crippen molar-refractivity contribution >= 4 is 11.8 Å². The zero-order valence-electron chi connectivity index (χ0n) is 17.4. The van der Waals surface area contributed by atoms with Gasteiger partial charge >= 0.3 is 0 Å². The Hall–Kier alpha value is -3.48. The lowest BCUT2D eigenvalue weighted by atomic mass is 10.0. The van der Waals surface area contributed by atoms with Gasteiger partial charge in [0.2, 0.25) is 0 Å². The normalized spacial score (nSPS) is 14.5. The van der Waals surface area contributed by atoms with E-state index in [-0.39, 0.29) is 23.7 Å². The predicted octanol–water partition coefficient (Wildman–Crippen LogP) is 3.61. The molecule has 2 heterocycles. The van der Waals surface area contributed by atoms with Gasteiger partial charge in [-0.1, -0.05) is 25.1 Å². The number of carbonyl (C=O) groups is 2. The van der Waals surface area contributed by atoms with E-state index in [1.54, 1.807) is 6.20 Å². The van der Waals surface area contributed by atoms with E-state index in [1.165, 1.54) is 24.3 Å². The zero-order chi connectivity index (χ0) is 21.8. The van der Waals surface area contributed by atoms with E-state index in [9.17, 15) is 14.0 Å². The van der Waals surface area contributed by atoms with Crippen molar-refractivity contribution in [2.75, 3.05) is 13.1 Å². The van der Waals surface area contributed by atoms with E-state index in [2.05, 4.69) is 10.4 Å². The first-order chi connectivity index (χ1) is 15.1. The van der Waals surface area contributed by atoms with E-state index in [0.717, 1.165) is 11.4 Å². The fraction of sp³-hybridized carbons (Fsp3) is 0.292. The number of benzene rings is 2. The van der Waals surface area contributed by atoms with Crippen LogP contribution in [0.1, 0.15) is 46.2 Å². The SMILES string of the molecule is CCc1c(C(=O)N2CCC(NC(=O)c3ccc(F)cc3)CC2)cnn1-c1ccccc1. The lowest BCUT2D eigenvalue weighted by Gasteiger charge is -2.32. The van der Waals surface area contributed by atoms with Crippen LogP contribution >= 0.6 is 0 Å². The van der Waals surface area contributed by atoms with Gasteiger partial charge in [0.05, 0.1) is 23.1 Å². The average molecular weight is 420 g/mol. The molecule has 31 heavy (non-hydrogen) atoms. The van der Waals surface area contributed by atoms with Crippen molar-refractivity contribution in [2.45, 2.75) is 32.2 Å². The van der Waals surface area contributed by atoms with Crippen LogP contribution in [0.5, 0.6) is 0 Å². The van der Waals surface area contributed by atoms with Gasteiger partial charge in [-0.2, -0.15) is 5.10 Å². The molecule has 160 valence electrons. The van der Waals surface area contributed by atoms with Gasteiger partial charge in [-0.15, -0.1) is 0 Å². The highest BCUT2D eigenvalue weighted by Crippen LogP contribution is 2.20. The Bertz CT molecular complexity index is 1050. The molecular formula is C24H25FN4O2. The van der Waals surface area contributed by atoms with Gasteiger partial charge in [0.15, 0.2) is 0 Å². The highest BCUT2D eigenvalue weighted by Gasteiger charge is 2.27. The molecule has 0 bridgehead atoms. The molecular weight excluding hydrogens is 395 g/mol. The van der Waals surface area contributed by atoms with Crippen LogP contribution in [0.2, 0.25) is 0 Å². The van der Waals surface area contributed by atoms with Crippen molar-refractivity contribution in [1.29, 1.82) is 0 Å². The molecule has 0 unspecified atom stereocenters. The van der Waals surface area contributed by atoms with Crippen LogP contribution in [-0.2, 0) is 6.42 Å². The van der Waals surface area contributed by atoms with Gasteiger partial charge in [-0.25, -0.2) is 9.07 Å². The van der Waals surface area contributed by atoms with Crippen LogP contribution in [0.25, 0.3) is 5.69 Å². The van der Waals surface area contributed by atoms with Crippen LogP contribution in [0.4, 0.5) is 4.39 Å². The molecule has 1 saturated heterocycles. The molecule has 0 atom stereocenters. The summed E-state index contributed by atoms with van der Waals surface area (Å²) < 4.78 is 14.9. The van der Waals surface area contributed by atoms with Crippen LogP contribution in [0.15, 0.2) is 60.8 Å². The van der Waals surface area contributed by atoms with Crippen LogP contribution < -0.4 is 5.32 Å². The number of aromatic nitrogens is 2. The predicted molar refractivity (Wildman–Crippen MR) is 116 cm³/mol. The summed E-state index contributed by atoms with van der Waals surface area (Å²) in [5.74, 6) is -0.616. The van der Waals surface area contributed by atoms with Crippen molar-refractivity contribution in [2.24, 2.45) is 0 Å². The zero-order valence-corrected chi connectivity index (χ0v) is 17.4. The molecule has 6 nitrogen and oxygen atoms in total. The maximum atomic E-state index is 13.2. The smallest absolute Gasteiger partial charge is 0.257 e. The van der Waals surface area contributed by atoms with E-state index in [0.29, 0.717) is 43.5 Å². The third-order valence-electron chi connectivity index (χ3n) is 5.66. The average Bonchev–Trinajstić information content (AvgIpc) is 3.24. The Morgan fingerprint density at radius 3 is 2.39 bits per heavy atom. The minimum absolute atomic E-state index is 0.0145. The summed E-state index contributed by atoms with van der Waals surface area (Å²) in [5.41, 5.74) is 2.88. The van der Waals surface area contributed by atoms with Crippen LogP contribution in [0, 0.1) is 5.82 Å². The van der Waals surface area contributed by atoms with E-state index in [4.69, 9.17) is 0 Å². The molecule has 1 fully saturated rings. The second kappa shape index (κ2) is 9.12. The minimum atomic E-state index is -0.370. The standard InChI is InChI=1S/C24H25FN4O2/c1-2-22-21(16-26-29(22)20-6-4-3-5-7-20)24(31)28-14-12-19(13-15-28)27-23(30)17-8-10-18(25)11-9-17/h3-11,16,19H,2,12-15H2,1H3,(H,27,30). The monoisotopic (exact) mass is 420 g/mol. The lowest BCUT2D eigenvalue weighted by molar-refractivity contribution is 0.0697. The lowest BCUT2D eigenvalue weighted by Crippen LogP contribution is -2.46. The number of halogens is 1. The first kappa shape index (κ1) is 20.8. The van der Waals surface area contributed by atoms with Gasteiger partial charge in [0.1, 0.15) is 5.82 Å². The quantitative estimate of drug-likeness (QED) is 0.686. The summed E-state index contributed by atoms with van der Waals surface area (Å²) in [6.45, 7) is 3.14. The maximum Gasteiger partial charge on any atom is 0.257 e. The molecule has 0 spiro atoms. The Morgan fingerprint density at radius 1 is 1.06 bits per heavy atom. The van der Waals surface area contributed by atoms with Crippen LogP contribution in [0.3, 0.4) is 0 Å². The molecule has 0 aliphatic carbocycles. The fourth-order valence-corrected chi connectivity index (χ4v) is 3.95. The third kappa shape index (κ3) is 4.50. The molecule has 1 aliphatic heterocycles. The highest BCUT2D eigenvalue weighted by atomic mass is 19.1. The number of amides is 2. The van der Waals surface area contributed by atoms with E-state index in [1.807, 2.05) is 46.8 Å². The van der Waals surface area contributed by atoms with Gasteiger partial charge in [-0.05, 0) is 55.7 Å². The Balaban J connectivity index is 1.39. The summed E-state index contributed by atoms with van der Waals surface area (Å²) in [6, 6.07) is 15.3. The molecule has 1 N–H and O–H groups in total. The number of rotatable bonds is 5. The molecule has 3 aromatic rings. The second-order valence-corrected chi connectivity index (χ2v) is 7.65. The minimum Gasteiger partial charge on any atom is -0.349 e. The summed E-state index contributed by atoms with van der Waals surface area (Å²) in [6.07, 6.45) is 3.69. The van der Waals surface area contributed by atoms with E-state index >= 15 is 0 Å². The first-order valence-corrected chi connectivity index (χ1v) is 10.5. The molecule has 0 saturated carbocycles. The van der Waals surface area contributed by atoms with Gasteiger partial charge < -0.3 is 10.2 Å². The number of carbonyl (C=O) groups excluding carboxylic acids is 2. The van der Waals surface area contributed by atoms with Gasteiger partial charge in [-0.3, -0.25) is 9.59 Å². The van der Waals surface area contributed by atoms with Crippen molar-refractivity contribution in [3.05, 3.63) is 83.4 Å². The summed E-state index contributed by atoms with van der Waals surface area (Å²) in [4.78, 5) is 27.3. The molecule has 0 radical (unpaired) electrons. The molecule has 1 aliphatic rings. The third-order valence-corrected chi connectivity index (χ3v) is 5.66. The Morgan fingerprint density at radius 2 is 1.74 bits per heavy atom. The second-order valence-electron chi connectivity index (χ2n) is 7.65. The van der Waals surface area contributed by atoms with Crippen molar-refractivity contribution in [3.63, 3.8) is 0 Å². The number of piperidine rings is 1. The fourth-order valence-electron chi connectivity index (χ4n) is 3.95. The first-order valence-electron chi connectivity index (χ1n) is 10.5. The topological polar surface area (TPSA) is 67.2 Å². The molecule has 2 amide bonds. The summed E-state index contributed by atoms with van der Waals surface area (Å²) in [5, 5.41) is 7.44. The molecule has 1 aromatic heterocycles. The summed E-state index contributed by atoms with van der Waals surface area (Å²) >= 11 is 0. The number of para-hydroxylation sites is 1. The van der Waals surface area contributed by atoms with Crippen molar-refractivity contribution < 1.29 is 14.0 Å². The summed E-state index contributed by atoms with van der Waals surface area (Å²) in [7, 11) is 0. The molecule has 7 heteroatoms. The molecule has 2 aromatic carbocycles.